The predicted molar refractivity (Wildman–Crippen MR) is 57.5 cm³/mol. The number of aromatic nitrogens is 5. The zero-order valence-corrected chi connectivity index (χ0v) is 9.28. The Morgan fingerprint density at radius 1 is 1.29 bits per heavy atom. The van der Waals surface area contributed by atoms with Gasteiger partial charge in [0, 0.05) is 7.05 Å². The quantitative estimate of drug-likeness (QED) is 0.550. The molecule has 0 aliphatic rings. The Kier molecular flexibility index (Phi) is 3.01. The summed E-state index contributed by atoms with van der Waals surface area (Å²) in [7, 11) is 3.21. The van der Waals surface area contributed by atoms with E-state index < -0.39 is 0 Å². The summed E-state index contributed by atoms with van der Waals surface area (Å²) >= 11 is 0. The van der Waals surface area contributed by atoms with Gasteiger partial charge in [0.1, 0.15) is 0 Å². The largest absolute Gasteiger partial charge is 0.467 e. The summed E-state index contributed by atoms with van der Waals surface area (Å²) in [6.07, 6.45) is 3.21. The van der Waals surface area contributed by atoms with Gasteiger partial charge in [-0.25, -0.2) is 5.84 Å². The maximum atomic E-state index is 5.36. The third-order valence-corrected chi connectivity index (χ3v) is 1.80. The summed E-state index contributed by atoms with van der Waals surface area (Å²) in [4.78, 5) is 11.6. The lowest BCUT2D eigenvalue weighted by molar-refractivity contribution is 0.360. The van der Waals surface area contributed by atoms with E-state index in [1.54, 1.807) is 17.9 Å². The molecule has 2 rings (SSSR count). The zero-order valence-electron chi connectivity index (χ0n) is 9.28. The normalized spacial score (nSPS) is 10.1. The number of ether oxygens (including phenoxy) is 2. The maximum Gasteiger partial charge on any atom is 0.330 e. The fraction of sp³-hybridized carbons (Fsp3) is 0.250. The van der Waals surface area contributed by atoms with Gasteiger partial charge in [0.25, 0.3) is 0 Å². The van der Waals surface area contributed by atoms with Crippen molar-refractivity contribution in [2.45, 2.75) is 0 Å². The summed E-state index contributed by atoms with van der Waals surface area (Å²) in [5.74, 6) is 5.86. The van der Waals surface area contributed by atoms with Crippen molar-refractivity contribution < 1.29 is 9.47 Å². The van der Waals surface area contributed by atoms with E-state index in [9.17, 15) is 0 Å². The highest BCUT2D eigenvalue weighted by Gasteiger charge is 2.08. The first-order chi connectivity index (χ1) is 8.21. The predicted octanol–water partition coefficient (Wildman–Crippen LogP) is -0.308. The second kappa shape index (κ2) is 4.61. The Balaban J connectivity index is 2.25. The average Bonchev–Trinajstić information content (AvgIpc) is 2.74. The monoisotopic (exact) mass is 237 g/mol. The van der Waals surface area contributed by atoms with Gasteiger partial charge >= 0.3 is 12.0 Å². The van der Waals surface area contributed by atoms with E-state index in [1.807, 2.05) is 0 Å². The smallest absolute Gasteiger partial charge is 0.330 e. The van der Waals surface area contributed by atoms with Crippen LogP contribution in [0, 0.1) is 0 Å². The lowest BCUT2D eigenvalue weighted by atomic mass is 10.6. The van der Waals surface area contributed by atoms with E-state index in [2.05, 4.69) is 25.5 Å². The van der Waals surface area contributed by atoms with Crippen molar-refractivity contribution >= 4 is 5.95 Å². The third-order valence-electron chi connectivity index (χ3n) is 1.80. The Hall–Kier alpha value is -2.42. The van der Waals surface area contributed by atoms with Gasteiger partial charge in [0.15, 0.2) is 5.75 Å². The number of nitrogens with one attached hydrogen (secondary N) is 1. The molecular formula is C8H11N7O2. The summed E-state index contributed by atoms with van der Waals surface area (Å²) in [5, 5.41) is 3.95. The van der Waals surface area contributed by atoms with E-state index in [-0.39, 0.29) is 18.0 Å². The first kappa shape index (κ1) is 11.1. The van der Waals surface area contributed by atoms with E-state index in [1.165, 1.54) is 13.3 Å². The lowest BCUT2D eigenvalue weighted by Gasteiger charge is -2.04. The Bertz CT molecular complexity index is 490. The van der Waals surface area contributed by atoms with Gasteiger partial charge in [-0.2, -0.15) is 15.1 Å². The second-order valence-corrected chi connectivity index (χ2v) is 3.02. The average molecular weight is 237 g/mol. The first-order valence-corrected chi connectivity index (χ1v) is 4.64. The molecule has 2 aromatic rings. The zero-order chi connectivity index (χ0) is 12.3. The molecule has 0 bridgehead atoms. The van der Waals surface area contributed by atoms with Gasteiger partial charge in [0.2, 0.25) is 5.95 Å². The van der Waals surface area contributed by atoms with Gasteiger partial charge < -0.3 is 9.47 Å². The molecule has 0 atom stereocenters. The summed E-state index contributed by atoms with van der Waals surface area (Å²) in [5.41, 5.74) is 2.29. The highest BCUT2D eigenvalue weighted by Crippen LogP contribution is 2.18. The van der Waals surface area contributed by atoms with Crippen LogP contribution < -0.4 is 20.7 Å². The minimum Gasteiger partial charge on any atom is -0.467 e. The number of nitrogens with zero attached hydrogens (tertiary/aromatic N) is 5. The molecule has 0 spiro atoms. The van der Waals surface area contributed by atoms with Crippen LogP contribution in [0.3, 0.4) is 0 Å². The van der Waals surface area contributed by atoms with Crippen LogP contribution in [0.4, 0.5) is 5.95 Å². The number of nitrogens with two attached hydrogens (primary N) is 1. The molecular weight excluding hydrogens is 226 g/mol. The molecule has 3 N–H and O–H groups in total. The molecule has 17 heavy (non-hydrogen) atoms. The van der Waals surface area contributed by atoms with Gasteiger partial charge in [-0.3, -0.25) is 10.1 Å². The van der Waals surface area contributed by atoms with Crippen LogP contribution >= 0.6 is 0 Å². The Morgan fingerprint density at radius 3 is 2.65 bits per heavy atom. The van der Waals surface area contributed by atoms with E-state index >= 15 is 0 Å². The number of rotatable bonds is 4. The Labute approximate surface area is 96.6 Å². The Morgan fingerprint density at radius 2 is 2.06 bits per heavy atom. The molecule has 0 radical (unpaired) electrons. The summed E-state index contributed by atoms with van der Waals surface area (Å²) in [6.45, 7) is 0. The van der Waals surface area contributed by atoms with Gasteiger partial charge in [-0.15, -0.1) is 4.98 Å². The molecule has 0 aliphatic heterocycles. The summed E-state index contributed by atoms with van der Waals surface area (Å²) < 4.78 is 11.8. The fourth-order valence-electron chi connectivity index (χ4n) is 1.10. The second-order valence-electron chi connectivity index (χ2n) is 3.02. The van der Waals surface area contributed by atoms with Gasteiger partial charge in [-0.05, 0) is 0 Å². The molecule has 0 saturated heterocycles. The molecule has 0 saturated carbocycles. The number of anilines is 1. The molecule has 0 unspecified atom stereocenters. The number of hydrogen-bond donors (Lipinski definition) is 2. The van der Waals surface area contributed by atoms with Crippen molar-refractivity contribution in [2.75, 3.05) is 12.5 Å². The van der Waals surface area contributed by atoms with E-state index in [0.29, 0.717) is 5.75 Å². The van der Waals surface area contributed by atoms with Crippen LogP contribution in [0.1, 0.15) is 0 Å². The van der Waals surface area contributed by atoms with Crippen molar-refractivity contribution in [2.24, 2.45) is 12.9 Å². The highest BCUT2D eigenvalue weighted by atomic mass is 16.5. The van der Waals surface area contributed by atoms with Gasteiger partial charge in [-0.1, -0.05) is 0 Å². The molecule has 0 aromatic carbocycles. The number of hydrogen-bond acceptors (Lipinski definition) is 8. The van der Waals surface area contributed by atoms with Crippen LogP contribution in [0.25, 0.3) is 0 Å². The highest BCUT2D eigenvalue weighted by molar-refractivity contribution is 5.27. The van der Waals surface area contributed by atoms with Crippen molar-refractivity contribution in [3.05, 3.63) is 12.4 Å². The van der Waals surface area contributed by atoms with Crippen molar-refractivity contribution in [3.8, 4) is 17.8 Å². The first-order valence-electron chi connectivity index (χ1n) is 4.64. The van der Waals surface area contributed by atoms with E-state index in [0.717, 1.165) is 0 Å². The lowest BCUT2D eigenvalue weighted by Crippen LogP contribution is -2.12. The van der Waals surface area contributed by atoms with Gasteiger partial charge in [0.05, 0.1) is 19.5 Å². The van der Waals surface area contributed by atoms with Crippen LogP contribution in [-0.4, -0.2) is 31.8 Å². The van der Waals surface area contributed by atoms with Crippen LogP contribution in [-0.2, 0) is 7.05 Å². The fourth-order valence-corrected chi connectivity index (χ4v) is 1.10. The van der Waals surface area contributed by atoms with Crippen LogP contribution in [0.15, 0.2) is 12.4 Å². The molecule has 0 amide bonds. The minimum absolute atomic E-state index is 0.0674. The standard InChI is InChI=1S/C8H11N7O2/c1-15-4-5(3-10-15)17-8-12-6(14-9)11-7(13-8)16-2/h3-4H,9H2,1-2H3,(H,11,12,13,14). The molecule has 2 aromatic heterocycles. The maximum absolute atomic E-state index is 5.36. The molecule has 2 heterocycles. The number of methoxy groups -OCH3 is 1. The number of aryl methyl sites for hydroxylation is 1. The molecule has 90 valence electrons. The molecule has 0 fully saturated rings. The minimum atomic E-state index is 0.0674. The van der Waals surface area contributed by atoms with Crippen molar-refractivity contribution in [3.63, 3.8) is 0 Å². The molecule has 0 aliphatic carbocycles. The van der Waals surface area contributed by atoms with Crippen molar-refractivity contribution in [1.29, 1.82) is 0 Å². The third kappa shape index (κ3) is 2.58. The van der Waals surface area contributed by atoms with Crippen molar-refractivity contribution in [1.82, 2.24) is 24.7 Å². The van der Waals surface area contributed by atoms with Crippen LogP contribution in [0.2, 0.25) is 0 Å². The topological polar surface area (TPSA) is 113 Å². The summed E-state index contributed by atoms with van der Waals surface area (Å²) in [6, 6.07) is 0.171. The molecule has 9 heteroatoms. The molecule has 9 nitrogen and oxygen atoms in total. The SMILES string of the molecule is COc1nc(NN)nc(Oc2cnn(C)c2)n1. The number of nitrogen functional groups attached to an aromatic ring is 1. The number of hydrazine groups is 1. The van der Waals surface area contributed by atoms with E-state index in [4.69, 9.17) is 15.3 Å². The van der Waals surface area contributed by atoms with Crippen LogP contribution in [0.5, 0.6) is 17.8 Å².